The summed E-state index contributed by atoms with van der Waals surface area (Å²) in [5.41, 5.74) is 5.78. The molecule has 1 heteroatoms. The fourth-order valence-electron chi connectivity index (χ4n) is 4.57. The van der Waals surface area contributed by atoms with Crippen LogP contribution in [0.25, 0.3) is 21.5 Å². The first-order valence-electron chi connectivity index (χ1n) is 15.4. The molecule has 0 bridgehead atoms. The van der Waals surface area contributed by atoms with Gasteiger partial charge in [0.2, 0.25) is 0 Å². The van der Waals surface area contributed by atoms with E-state index in [2.05, 4.69) is 125 Å². The van der Waals surface area contributed by atoms with Crippen LogP contribution >= 0.6 is 0 Å². The van der Waals surface area contributed by atoms with Crippen LogP contribution in [0.15, 0.2) is 133 Å². The van der Waals surface area contributed by atoms with E-state index in [0.717, 1.165) is 0 Å². The van der Waals surface area contributed by atoms with Crippen molar-refractivity contribution in [1.29, 1.82) is 0 Å². The van der Waals surface area contributed by atoms with E-state index in [-0.39, 0.29) is 10.8 Å². The second-order valence-corrected chi connectivity index (χ2v) is 12.6. The summed E-state index contributed by atoms with van der Waals surface area (Å²) in [7, 11) is 0. The van der Waals surface area contributed by atoms with Crippen LogP contribution in [-0.4, -0.2) is 4.21 Å². The van der Waals surface area contributed by atoms with Crippen LogP contribution < -0.4 is 0 Å². The summed E-state index contributed by atoms with van der Waals surface area (Å²) in [5, 5.41) is 5.48. The molecule has 0 spiro atoms. The van der Waals surface area contributed by atoms with Crippen LogP contribution in [0.2, 0.25) is 0 Å². The van der Waals surface area contributed by atoms with Gasteiger partial charge in [0.25, 0.3) is 0 Å². The molecule has 6 aromatic rings. The van der Waals surface area contributed by atoms with Crippen molar-refractivity contribution in [3.63, 3.8) is 0 Å². The zero-order valence-electron chi connectivity index (χ0n) is 28.1. The Morgan fingerprint density at radius 3 is 1.14 bits per heavy atom. The van der Waals surface area contributed by atoms with E-state index in [9.17, 15) is 0 Å². The molecule has 0 aliphatic rings. The second-order valence-electron chi connectivity index (χ2n) is 12.6. The molecule has 0 fully saturated rings. The van der Waals surface area contributed by atoms with Gasteiger partial charge in [0.1, 0.15) is 0 Å². The average molecular weight is 658 g/mol. The maximum absolute atomic E-state index is 3.34. The second kappa shape index (κ2) is 18.4. The van der Waals surface area contributed by atoms with Crippen molar-refractivity contribution in [2.24, 2.45) is 0 Å². The van der Waals surface area contributed by atoms with Gasteiger partial charge < -0.3 is 0 Å². The maximum Gasteiger partial charge on any atom is -0.172 e. The van der Waals surface area contributed by atoms with Gasteiger partial charge in [0, 0.05) is 0 Å². The quantitative estimate of drug-likeness (QED) is 0.163. The number of fused-ring (bicyclic) bond motifs is 3. The molecule has 6 rings (SSSR count). The predicted molar refractivity (Wildman–Crippen MR) is 195 cm³/mol. The van der Waals surface area contributed by atoms with Crippen molar-refractivity contribution in [1.82, 2.24) is 0 Å². The number of hydrogen-bond donors (Lipinski definition) is 0. The molecule has 0 aromatic heterocycles. The first kappa shape index (κ1) is 36.8. The van der Waals surface area contributed by atoms with Crippen molar-refractivity contribution < 1.29 is 24.2 Å². The van der Waals surface area contributed by atoms with Crippen molar-refractivity contribution in [2.75, 3.05) is 0 Å². The molecule has 0 N–H and O–H groups in total. The van der Waals surface area contributed by atoms with E-state index in [1.54, 1.807) is 0 Å². The summed E-state index contributed by atoms with van der Waals surface area (Å²) in [5.74, 6) is 0. The van der Waals surface area contributed by atoms with Crippen molar-refractivity contribution in [3.8, 4) is 0 Å². The van der Waals surface area contributed by atoms with E-state index < -0.39 is 0 Å². The van der Waals surface area contributed by atoms with E-state index >= 15 is 0 Å². The molecule has 0 saturated carbocycles. The topological polar surface area (TPSA) is 0 Å². The van der Waals surface area contributed by atoms with Crippen molar-refractivity contribution in [3.05, 3.63) is 169 Å². The zero-order chi connectivity index (χ0) is 32.6. The molecule has 0 unspecified atom stereocenters. The average Bonchev–Trinajstić information content (AvgIpc) is 3.74. The minimum Gasteiger partial charge on any atom is -0.214 e. The van der Waals surface area contributed by atoms with E-state index in [1.807, 2.05) is 80.6 Å². The third-order valence-corrected chi connectivity index (χ3v) is 7.26. The van der Waals surface area contributed by atoms with Gasteiger partial charge in [-0.2, -0.15) is 66.4 Å². The van der Waals surface area contributed by atoms with Gasteiger partial charge >= 0.3 is 28.4 Å². The maximum atomic E-state index is 3.34. The minimum atomic E-state index is 0.203. The molecule has 0 heterocycles. The van der Waals surface area contributed by atoms with Crippen LogP contribution in [0.3, 0.4) is 0 Å². The molecule has 44 heavy (non-hydrogen) atoms. The molecule has 0 radical (unpaired) electrons. The van der Waals surface area contributed by atoms with E-state index in [0.29, 0.717) is 0 Å². The first-order valence-corrected chi connectivity index (χ1v) is 17.1. The Morgan fingerprint density at radius 2 is 0.886 bits per heavy atom. The molecule has 0 aliphatic heterocycles. The standard InChI is InChI=1S/C21H25.2C8H9.C5H5.CH2.Zr/c1-20(2,3)16-7-9-18-14(12-16)11-15-13-17(21(4,5)6)8-10-19(15)18;2*1-2-8-6-4-3-5-7-8;1-2-4-5-3-1;;/h7-13H,1-6H3;2*2-7H,1H3;1-5H;1H2;/q4*-1;;. The summed E-state index contributed by atoms with van der Waals surface area (Å²) < 4.78 is 3.34. The number of rotatable bonds is 2. The summed E-state index contributed by atoms with van der Waals surface area (Å²) in [6.45, 7) is 17.7. The van der Waals surface area contributed by atoms with Gasteiger partial charge in [0.05, 0.1) is 0 Å². The van der Waals surface area contributed by atoms with Crippen molar-refractivity contribution in [2.45, 2.75) is 66.2 Å². The molecule has 0 nitrogen and oxygen atoms in total. The van der Waals surface area contributed by atoms with E-state index in [4.69, 9.17) is 0 Å². The Hall–Kier alpha value is -3.41. The molecule has 0 atom stereocenters. The molecule has 0 amide bonds. The Balaban J connectivity index is 0.000000239. The Morgan fingerprint density at radius 1 is 0.523 bits per heavy atom. The van der Waals surface area contributed by atoms with Crippen LogP contribution in [0.4, 0.5) is 0 Å². The zero-order valence-corrected chi connectivity index (χ0v) is 30.5. The van der Waals surface area contributed by atoms with Gasteiger partial charge in [-0.1, -0.05) is 103 Å². The summed E-state index contributed by atoms with van der Waals surface area (Å²) in [4.78, 5) is 0. The Bertz CT molecular complexity index is 1460. The van der Waals surface area contributed by atoms with Gasteiger partial charge in [-0.05, 0) is 10.8 Å². The van der Waals surface area contributed by atoms with Gasteiger partial charge in [-0.25, -0.2) is 12.1 Å². The third kappa shape index (κ3) is 11.9. The molecule has 0 saturated heterocycles. The number of hydrogen-bond acceptors (Lipinski definition) is 0. The summed E-state index contributed by atoms with van der Waals surface area (Å²) >= 11 is 1.30. The van der Waals surface area contributed by atoms with Crippen LogP contribution in [0.1, 0.15) is 77.6 Å². The smallest absolute Gasteiger partial charge is 0.172 e. The fraction of sp³-hybridized carbons (Fsp3) is 0.233. The Labute approximate surface area is 283 Å². The van der Waals surface area contributed by atoms with Crippen molar-refractivity contribution >= 4 is 25.8 Å². The molecular weight excluding hydrogens is 608 g/mol. The largest absolute Gasteiger partial charge is 0.214 e. The third-order valence-electron chi connectivity index (χ3n) is 7.26. The Kier molecular flexibility index (Phi) is 15.4. The van der Waals surface area contributed by atoms with Crippen LogP contribution in [-0.2, 0) is 35.1 Å². The molecule has 230 valence electrons. The van der Waals surface area contributed by atoms with E-state index in [1.165, 1.54) is 68.0 Å². The van der Waals surface area contributed by atoms with Crippen LogP contribution in [0.5, 0.6) is 0 Å². The monoisotopic (exact) mass is 656 g/mol. The normalized spacial score (nSPS) is 10.4. The van der Waals surface area contributed by atoms with Gasteiger partial charge in [-0.15, -0.1) is 64.0 Å². The van der Waals surface area contributed by atoms with Crippen LogP contribution in [0, 0.1) is 12.8 Å². The summed E-state index contributed by atoms with van der Waals surface area (Å²) in [6.07, 6.45) is 4.17. The first-order chi connectivity index (χ1) is 21.0. The predicted octanol–water partition coefficient (Wildman–Crippen LogP) is 12.2. The number of benzene rings is 4. The minimum absolute atomic E-state index is 0.203. The SMILES string of the molecule is CC(C)(C)c1ccc2c(c1)[cH-]c1cc(C(C)(C)C)ccc12.C[CH-]c1ccccc1.C[CH-]c1ccccc1.[CH2]=[Zr].c1cc[cH-]c1. The van der Waals surface area contributed by atoms with Gasteiger partial charge in [0.15, 0.2) is 0 Å². The fourth-order valence-corrected chi connectivity index (χ4v) is 4.57. The molecular formula is C43H50Zr-4. The summed E-state index contributed by atoms with van der Waals surface area (Å²) in [6, 6.07) is 46.7. The molecule has 6 aromatic carbocycles. The molecule has 0 aliphatic carbocycles. The van der Waals surface area contributed by atoms with Gasteiger partial charge in [-0.3, -0.25) is 0 Å².